The molecule has 0 aliphatic carbocycles. The van der Waals surface area contributed by atoms with Gasteiger partial charge in [-0.25, -0.2) is 4.79 Å². The van der Waals surface area contributed by atoms with E-state index in [0.29, 0.717) is 19.6 Å². The number of rotatable bonds is 4. The van der Waals surface area contributed by atoms with Crippen LogP contribution in [0.3, 0.4) is 0 Å². The molecule has 21 heavy (non-hydrogen) atoms. The van der Waals surface area contributed by atoms with Gasteiger partial charge in [-0.3, -0.25) is 4.79 Å². The number of likely N-dealkylation sites (tertiary alicyclic amines) is 1. The summed E-state index contributed by atoms with van der Waals surface area (Å²) in [5, 5.41) is 11.9. The summed E-state index contributed by atoms with van der Waals surface area (Å²) in [6.07, 6.45) is 1.57. The highest BCUT2D eigenvalue weighted by molar-refractivity contribution is 5.72. The molecule has 0 aromatic rings. The third kappa shape index (κ3) is 5.91. The Bertz CT molecular complexity index is 392. The first-order valence-corrected chi connectivity index (χ1v) is 7.47. The monoisotopic (exact) mass is 300 g/mol. The molecule has 0 aromatic heterocycles. The van der Waals surface area contributed by atoms with E-state index >= 15 is 0 Å². The standard InChI is InChI=1S/C15H28N2O4/c1-11(12(18)19)16-9-15(5)7-6-8-17(10-15)13(20)21-14(2,3)4/h11,16H,6-10H2,1-5H3,(H,18,19). The number of carbonyl (C=O) groups is 2. The number of carboxylic acid groups (broad SMARTS) is 1. The zero-order valence-corrected chi connectivity index (χ0v) is 13.7. The van der Waals surface area contributed by atoms with Crippen LogP contribution in [0.4, 0.5) is 4.79 Å². The predicted octanol–water partition coefficient (Wildman–Crippen LogP) is 2.09. The molecule has 0 saturated carbocycles. The Kier molecular flexibility index (Phi) is 5.61. The Labute approximate surface area is 126 Å². The number of nitrogens with one attached hydrogen (secondary N) is 1. The molecule has 1 aliphatic rings. The van der Waals surface area contributed by atoms with Crippen LogP contribution in [0.25, 0.3) is 0 Å². The van der Waals surface area contributed by atoms with Crippen LogP contribution in [-0.2, 0) is 9.53 Å². The molecule has 1 rings (SSSR count). The summed E-state index contributed by atoms with van der Waals surface area (Å²) in [6, 6.07) is -0.585. The Hall–Kier alpha value is -1.30. The summed E-state index contributed by atoms with van der Waals surface area (Å²) in [5.74, 6) is -0.863. The van der Waals surface area contributed by atoms with Gasteiger partial charge in [-0.15, -0.1) is 0 Å². The normalized spacial score (nSPS) is 24.5. The molecule has 1 saturated heterocycles. The summed E-state index contributed by atoms with van der Waals surface area (Å²) in [7, 11) is 0. The second-order valence-corrected chi connectivity index (χ2v) is 7.26. The average molecular weight is 300 g/mol. The second kappa shape index (κ2) is 6.64. The minimum absolute atomic E-state index is 0.126. The van der Waals surface area contributed by atoms with Crippen molar-refractivity contribution in [3.8, 4) is 0 Å². The number of piperidine rings is 1. The number of nitrogens with zero attached hydrogens (tertiary/aromatic N) is 1. The molecule has 2 atom stereocenters. The Morgan fingerprint density at radius 2 is 2.05 bits per heavy atom. The van der Waals surface area contributed by atoms with Gasteiger partial charge in [-0.2, -0.15) is 0 Å². The lowest BCUT2D eigenvalue weighted by atomic mass is 9.81. The molecule has 0 aromatic carbocycles. The highest BCUT2D eigenvalue weighted by atomic mass is 16.6. The molecular formula is C15H28N2O4. The van der Waals surface area contributed by atoms with Gasteiger partial charge in [0, 0.05) is 19.6 Å². The lowest BCUT2D eigenvalue weighted by molar-refractivity contribution is -0.139. The van der Waals surface area contributed by atoms with Gasteiger partial charge in [-0.1, -0.05) is 6.92 Å². The fourth-order valence-corrected chi connectivity index (χ4v) is 2.43. The molecule has 0 spiro atoms. The van der Waals surface area contributed by atoms with E-state index in [1.54, 1.807) is 11.8 Å². The Morgan fingerprint density at radius 3 is 2.57 bits per heavy atom. The number of carbonyl (C=O) groups excluding carboxylic acids is 1. The lowest BCUT2D eigenvalue weighted by Crippen LogP contribution is -2.51. The molecule has 2 N–H and O–H groups in total. The zero-order chi connectivity index (χ0) is 16.3. The van der Waals surface area contributed by atoms with Crippen molar-refractivity contribution in [1.29, 1.82) is 0 Å². The molecule has 0 radical (unpaired) electrons. The third-order valence-corrected chi connectivity index (χ3v) is 3.64. The van der Waals surface area contributed by atoms with Crippen LogP contribution in [0.2, 0.25) is 0 Å². The summed E-state index contributed by atoms with van der Waals surface area (Å²) in [4.78, 5) is 24.7. The van der Waals surface area contributed by atoms with Crippen LogP contribution in [0.15, 0.2) is 0 Å². The molecular weight excluding hydrogens is 272 g/mol. The van der Waals surface area contributed by atoms with Gasteiger partial charge in [0.1, 0.15) is 11.6 Å². The van der Waals surface area contributed by atoms with Gasteiger partial charge in [-0.05, 0) is 46.0 Å². The first-order valence-electron chi connectivity index (χ1n) is 7.47. The van der Waals surface area contributed by atoms with E-state index in [0.717, 1.165) is 12.8 Å². The van der Waals surface area contributed by atoms with Gasteiger partial charge in [0.15, 0.2) is 0 Å². The minimum Gasteiger partial charge on any atom is -0.480 e. The van der Waals surface area contributed by atoms with E-state index in [2.05, 4.69) is 12.2 Å². The van der Waals surface area contributed by atoms with Crippen molar-refractivity contribution in [1.82, 2.24) is 10.2 Å². The van der Waals surface area contributed by atoms with Crippen molar-refractivity contribution in [2.45, 2.75) is 59.1 Å². The van der Waals surface area contributed by atoms with Crippen LogP contribution in [0, 0.1) is 5.41 Å². The Morgan fingerprint density at radius 1 is 1.43 bits per heavy atom. The van der Waals surface area contributed by atoms with Crippen LogP contribution in [0.1, 0.15) is 47.5 Å². The first-order chi connectivity index (χ1) is 9.52. The summed E-state index contributed by atoms with van der Waals surface area (Å²) >= 11 is 0. The third-order valence-electron chi connectivity index (χ3n) is 3.64. The molecule has 2 unspecified atom stereocenters. The molecule has 1 aliphatic heterocycles. The van der Waals surface area contributed by atoms with Crippen molar-refractivity contribution < 1.29 is 19.4 Å². The number of hydrogen-bond acceptors (Lipinski definition) is 4. The number of ether oxygens (including phenoxy) is 1. The maximum Gasteiger partial charge on any atom is 0.410 e. The minimum atomic E-state index is -0.863. The van der Waals surface area contributed by atoms with Crippen molar-refractivity contribution in [3.05, 3.63) is 0 Å². The molecule has 0 bridgehead atoms. The lowest BCUT2D eigenvalue weighted by Gasteiger charge is -2.41. The van der Waals surface area contributed by atoms with Gasteiger partial charge in [0.25, 0.3) is 0 Å². The van der Waals surface area contributed by atoms with Gasteiger partial charge in [0.05, 0.1) is 0 Å². The Balaban J connectivity index is 2.57. The number of amides is 1. The highest BCUT2D eigenvalue weighted by Crippen LogP contribution is 2.29. The molecule has 122 valence electrons. The topological polar surface area (TPSA) is 78.9 Å². The molecule has 1 fully saturated rings. The first kappa shape index (κ1) is 17.8. The summed E-state index contributed by atoms with van der Waals surface area (Å²) in [6.45, 7) is 11.1. The predicted molar refractivity (Wildman–Crippen MR) is 80.2 cm³/mol. The van der Waals surface area contributed by atoms with Crippen LogP contribution in [0.5, 0.6) is 0 Å². The average Bonchev–Trinajstić information content (AvgIpc) is 2.34. The van der Waals surface area contributed by atoms with E-state index in [4.69, 9.17) is 9.84 Å². The van der Waals surface area contributed by atoms with Crippen molar-refractivity contribution >= 4 is 12.1 Å². The van der Waals surface area contributed by atoms with E-state index in [1.807, 2.05) is 20.8 Å². The fraction of sp³-hybridized carbons (Fsp3) is 0.867. The quantitative estimate of drug-likeness (QED) is 0.831. The largest absolute Gasteiger partial charge is 0.480 e. The van der Waals surface area contributed by atoms with Crippen molar-refractivity contribution in [2.75, 3.05) is 19.6 Å². The van der Waals surface area contributed by atoms with Crippen LogP contribution < -0.4 is 5.32 Å². The van der Waals surface area contributed by atoms with Crippen molar-refractivity contribution in [3.63, 3.8) is 0 Å². The molecule has 6 heteroatoms. The maximum atomic E-state index is 12.1. The number of hydrogen-bond donors (Lipinski definition) is 2. The zero-order valence-electron chi connectivity index (χ0n) is 13.7. The SMILES string of the molecule is CC(NCC1(C)CCCN(C(=O)OC(C)(C)C)C1)C(=O)O. The van der Waals surface area contributed by atoms with Crippen molar-refractivity contribution in [2.24, 2.45) is 5.41 Å². The summed E-state index contributed by atoms with van der Waals surface area (Å²) < 4.78 is 5.41. The molecule has 1 amide bonds. The van der Waals surface area contributed by atoms with E-state index < -0.39 is 17.6 Å². The van der Waals surface area contributed by atoms with Gasteiger partial charge < -0.3 is 20.1 Å². The van der Waals surface area contributed by atoms with E-state index in [-0.39, 0.29) is 11.5 Å². The smallest absolute Gasteiger partial charge is 0.410 e. The molecule has 1 heterocycles. The number of carboxylic acids is 1. The molecule has 6 nitrogen and oxygen atoms in total. The maximum absolute atomic E-state index is 12.1. The van der Waals surface area contributed by atoms with Gasteiger partial charge >= 0.3 is 12.1 Å². The fourth-order valence-electron chi connectivity index (χ4n) is 2.43. The second-order valence-electron chi connectivity index (χ2n) is 7.26. The van der Waals surface area contributed by atoms with Crippen LogP contribution >= 0.6 is 0 Å². The van der Waals surface area contributed by atoms with E-state index in [1.165, 1.54) is 0 Å². The van der Waals surface area contributed by atoms with Gasteiger partial charge in [0.2, 0.25) is 0 Å². The van der Waals surface area contributed by atoms with Crippen LogP contribution in [-0.4, -0.2) is 53.3 Å². The number of aliphatic carboxylic acids is 1. The highest BCUT2D eigenvalue weighted by Gasteiger charge is 2.35. The summed E-state index contributed by atoms with van der Waals surface area (Å²) in [5.41, 5.74) is -0.625. The van der Waals surface area contributed by atoms with E-state index in [9.17, 15) is 9.59 Å².